The molecule has 0 atom stereocenters. The number of nitrogens with one attached hydrogen (secondary N) is 1. The summed E-state index contributed by atoms with van der Waals surface area (Å²) in [6.45, 7) is 9.65. The minimum atomic E-state index is -3.13. The van der Waals surface area contributed by atoms with E-state index in [9.17, 15) is 13.2 Å². The Morgan fingerprint density at radius 1 is 1.04 bits per heavy atom. The summed E-state index contributed by atoms with van der Waals surface area (Å²) < 4.78 is 26.2. The lowest BCUT2D eigenvalue weighted by molar-refractivity contribution is 0.217. The van der Waals surface area contributed by atoms with Crippen LogP contribution in [-0.2, 0) is 10.0 Å². The lowest BCUT2D eigenvalue weighted by atomic mass is 10.2. The van der Waals surface area contributed by atoms with Crippen LogP contribution < -0.4 is 10.2 Å². The third kappa shape index (κ3) is 5.84. The summed E-state index contributed by atoms with van der Waals surface area (Å²) in [5.74, 6) is 0.241. The second kappa shape index (κ2) is 9.94. The molecule has 0 aromatic heterocycles. The van der Waals surface area contributed by atoms with Crippen molar-refractivity contribution in [1.82, 2.24) is 9.21 Å². The van der Waals surface area contributed by atoms with Crippen LogP contribution in [0.5, 0.6) is 0 Å². The van der Waals surface area contributed by atoms with Gasteiger partial charge >= 0.3 is 6.03 Å². The average Bonchev–Trinajstić information content (AvgIpc) is 2.68. The molecule has 8 heteroatoms. The highest BCUT2D eigenvalue weighted by Gasteiger charge is 2.26. The first-order valence-corrected chi connectivity index (χ1v) is 11.4. The molecule has 0 aliphatic carbocycles. The molecule has 0 bridgehead atoms. The first-order chi connectivity index (χ1) is 12.9. The van der Waals surface area contributed by atoms with Crippen molar-refractivity contribution in [3.8, 4) is 0 Å². The largest absolute Gasteiger partial charge is 0.369 e. The number of nitrogens with zero attached hydrogens (tertiary/aromatic N) is 3. The Hall–Kier alpha value is -1.80. The molecule has 1 heterocycles. The Kier molecular flexibility index (Phi) is 7.91. The van der Waals surface area contributed by atoms with Crippen molar-refractivity contribution in [3.05, 3.63) is 24.3 Å². The Morgan fingerprint density at radius 2 is 1.63 bits per heavy atom. The van der Waals surface area contributed by atoms with Crippen molar-refractivity contribution in [1.29, 1.82) is 0 Å². The van der Waals surface area contributed by atoms with Crippen molar-refractivity contribution >= 4 is 27.4 Å². The van der Waals surface area contributed by atoms with Gasteiger partial charge in [0.15, 0.2) is 0 Å². The molecule has 1 saturated heterocycles. The maximum absolute atomic E-state index is 12.3. The van der Waals surface area contributed by atoms with E-state index in [1.165, 1.54) is 0 Å². The molecule has 1 aromatic rings. The number of anilines is 2. The van der Waals surface area contributed by atoms with Crippen molar-refractivity contribution in [3.63, 3.8) is 0 Å². The zero-order valence-electron chi connectivity index (χ0n) is 16.6. The molecular weight excluding hydrogens is 364 g/mol. The molecule has 2 amide bonds. The van der Waals surface area contributed by atoms with E-state index >= 15 is 0 Å². The van der Waals surface area contributed by atoms with E-state index in [4.69, 9.17) is 0 Å². The van der Waals surface area contributed by atoms with E-state index < -0.39 is 10.0 Å². The van der Waals surface area contributed by atoms with Crippen LogP contribution in [0.3, 0.4) is 0 Å². The van der Waals surface area contributed by atoms with Gasteiger partial charge in [0.1, 0.15) is 0 Å². The number of urea groups is 1. The van der Waals surface area contributed by atoms with Crippen molar-refractivity contribution < 1.29 is 13.2 Å². The van der Waals surface area contributed by atoms with Gasteiger partial charge in [0.25, 0.3) is 0 Å². The Bertz CT molecular complexity index is 694. The third-order valence-electron chi connectivity index (χ3n) is 4.92. The number of hydrogen-bond donors (Lipinski definition) is 1. The summed E-state index contributed by atoms with van der Waals surface area (Å²) in [5, 5.41) is 2.90. The molecule has 1 aromatic carbocycles. The Labute approximate surface area is 163 Å². The molecule has 1 aliphatic rings. The molecule has 0 radical (unpaired) electrons. The molecular formula is C19H32N4O3S. The second-order valence-electron chi connectivity index (χ2n) is 6.70. The quantitative estimate of drug-likeness (QED) is 0.733. The minimum Gasteiger partial charge on any atom is -0.369 e. The van der Waals surface area contributed by atoms with E-state index in [0.29, 0.717) is 45.7 Å². The lowest BCUT2D eigenvalue weighted by Crippen LogP contribution is -2.49. The molecule has 0 spiro atoms. The number of hydrogen-bond acceptors (Lipinski definition) is 4. The molecule has 27 heavy (non-hydrogen) atoms. The molecule has 1 aliphatic heterocycles. The predicted octanol–water partition coefficient (Wildman–Crippen LogP) is 2.81. The van der Waals surface area contributed by atoms with Crippen LogP contribution in [0.15, 0.2) is 24.3 Å². The fourth-order valence-electron chi connectivity index (χ4n) is 3.15. The van der Waals surface area contributed by atoms with Gasteiger partial charge in [-0.15, -0.1) is 0 Å². The van der Waals surface area contributed by atoms with Gasteiger partial charge in [-0.3, -0.25) is 0 Å². The predicted molar refractivity (Wildman–Crippen MR) is 111 cm³/mol. The fraction of sp³-hybridized carbons (Fsp3) is 0.632. The van der Waals surface area contributed by atoms with Gasteiger partial charge in [-0.1, -0.05) is 13.3 Å². The number of benzene rings is 1. The first kappa shape index (κ1) is 21.5. The smallest absolute Gasteiger partial charge is 0.321 e. The average molecular weight is 397 g/mol. The zero-order valence-corrected chi connectivity index (χ0v) is 17.5. The van der Waals surface area contributed by atoms with E-state index in [2.05, 4.69) is 10.2 Å². The van der Waals surface area contributed by atoms with Crippen LogP contribution in [0, 0.1) is 0 Å². The highest BCUT2D eigenvalue weighted by molar-refractivity contribution is 7.89. The van der Waals surface area contributed by atoms with Gasteiger partial charge in [-0.2, -0.15) is 4.31 Å². The van der Waals surface area contributed by atoms with Crippen molar-refractivity contribution in [2.24, 2.45) is 0 Å². The molecule has 0 unspecified atom stereocenters. The molecule has 2 rings (SSSR count). The highest BCUT2D eigenvalue weighted by atomic mass is 32.2. The number of amides is 2. The SMILES string of the molecule is CCCCS(=O)(=O)N1CCN(c2ccc(NC(=O)N(CC)CC)cc2)CC1. The minimum absolute atomic E-state index is 0.0985. The second-order valence-corrected chi connectivity index (χ2v) is 8.79. The molecule has 7 nitrogen and oxygen atoms in total. The van der Waals surface area contributed by atoms with E-state index in [1.54, 1.807) is 9.21 Å². The highest BCUT2D eigenvalue weighted by Crippen LogP contribution is 2.21. The summed E-state index contributed by atoms with van der Waals surface area (Å²) in [6, 6.07) is 7.62. The zero-order chi connectivity index (χ0) is 19.9. The van der Waals surface area contributed by atoms with Crippen LogP contribution in [-0.4, -0.2) is 68.7 Å². The van der Waals surface area contributed by atoms with E-state index in [0.717, 1.165) is 17.8 Å². The number of piperazine rings is 1. The van der Waals surface area contributed by atoms with Gasteiger partial charge < -0.3 is 15.1 Å². The molecule has 1 fully saturated rings. The van der Waals surface area contributed by atoms with E-state index in [-0.39, 0.29) is 11.8 Å². The Balaban J connectivity index is 1.91. The summed E-state index contributed by atoms with van der Waals surface area (Å²) >= 11 is 0. The van der Waals surface area contributed by atoms with Gasteiger partial charge in [0.05, 0.1) is 5.75 Å². The van der Waals surface area contributed by atoms with Gasteiger partial charge in [0.2, 0.25) is 10.0 Å². The lowest BCUT2D eigenvalue weighted by Gasteiger charge is -2.35. The van der Waals surface area contributed by atoms with Crippen LogP contribution >= 0.6 is 0 Å². The fourth-order valence-corrected chi connectivity index (χ4v) is 4.78. The number of carbonyl (C=O) groups is 1. The Morgan fingerprint density at radius 3 is 2.15 bits per heavy atom. The number of rotatable bonds is 8. The maximum Gasteiger partial charge on any atom is 0.321 e. The monoisotopic (exact) mass is 396 g/mol. The topological polar surface area (TPSA) is 73.0 Å². The summed E-state index contributed by atoms with van der Waals surface area (Å²) in [4.78, 5) is 16.0. The summed E-state index contributed by atoms with van der Waals surface area (Å²) in [6.07, 6.45) is 1.60. The summed E-state index contributed by atoms with van der Waals surface area (Å²) in [5.41, 5.74) is 1.80. The number of unbranched alkanes of at least 4 members (excludes halogenated alkanes) is 1. The van der Waals surface area contributed by atoms with Crippen LogP contribution in [0.1, 0.15) is 33.6 Å². The van der Waals surface area contributed by atoms with Crippen molar-refractivity contribution in [2.75, 3.05) is 55.2 Å². The molecule has 152 valence electrons. The van der Waals surface area contributed by atoms with E-state index in [1.807, 2.05) is 45.0 Å². The van der Waals surface area contributed by atoms with Crippen LogP contribution in [0.25, 0.3) is 0 Å². The standard InChI is InChI=1S/C19H32N4O3S/c1-4-7-16-27(25,26)23-14-12-22(13-15-23)18-10-8-17(9-11-18)20-19(24)21(5-2)6-3/h8-11H,4-7,12-16H2,1-3H3,(H,20,24). The first-order valence-electron chi connectivity index (χ1n) is 9.80. The van der Waals surface area contributed by atoms with Gasteiger partial charge in [-0.25, -0.2) is 13.2 Å². The molecule has 0 saturated carbocycles. The molecule has 1 N–H and O–H groups in total. The number of carbonyl (C=O) groups excluding carboxylic acids is 1. The van der Waals surface area contributed by atoms with Crippen LogP contribution in [0.2, 0.25) is 0 Å². The van der Waals surface area contributed by atoms with Crippen LogP contribution in [0.4, 0.5) is 16.2 Å². The van der Waals surface area contributed by atoms with Gasteiger partial charge in [0, 0.05) is 50.6 Å². The van der Waals surface area contributed by atoms with Gasteiger partial charge in [-0.05, 0) is 44.5 Å². The maximum atomic E-state index is 12.3. The third-order valence-corrected chi connectivity index (χ3v) is 6.88. The number of sulfonamides is 1. The normalized spacial score (nSPS) is 15.6. The summed E-state index contributed by atoms with van der Waals surface area (Å²) in [7, 11) is -3.13. The van der Waals surface area contributed by atoms with Crippen molar-refractivity contribution in [2.45, 2.75) is 33.6 Å².